The molecule has 0 spiro atoms. The zero-order valence-electron chi connectivity index (χ0n) is 13.5. The first-order valence-electron chi connectivity index (χ1n) is 8.08. The average molecular weight is 318 g/mol. The molecule has 1 aromatic carbocycles. The second-order valence-corrected chi connectivity index (χ2v) is 5.60. The third-order valence-corrected chi connectivity index (χ3v) is 4.22. The van der Waals surface area contributed by atoms with E-state index in [1.165, 1.54) is 0 Å². The number of hydrogen-bond acceptors (Lipinski definition) is 4. The van der Waals surface area contributed by atoms with Crippen molar-refractivity contribution in [3.05, 3.63) is 61.1 Å². The minimum absolute atomic E-state index is 0.810. The Balaban J connectivity index is 1.67. The number of fused-ring (bicyclic) bond motifs is 1. The Morgan fingerprint density at radius 3 is 2.83 bits per heavy atom. The topological polar surface area (TPSA) is 61.4 Å². The Morgan fingerprint density at radius 2 is 1.92 bits per heavy atom. The van der Waals surface area contributed by atoms with Crippen molar-refractivity contribution in [2.75, 3.05) is 0 Å². The summed E-state index contributed by atoms with van der Waals surface area (Å²) in [6.45, 7) is 3.79. The molecule has 0 N–H and O–H groups in total. The lowest BCUT2D eigenvalue weighted by molar-refractivity contribution is 0.628. The zero-order valence-corrected chi connectivity index (χ0v) is 13.5. The van der Waals surface area contributed by atoms with Gasteiger partial charge in [0.15, 0.2) is 0 Å². The Kier molecular flexibility index (Phi) is 3.78. The molecule has 0 aliphatic heterocycles. The summed E-state index contributed by atoms with van der Waals surface area (Å²) in [6, 6.07) is 10.2. The molecule has 120 valence electrons. The van der Waals surface area contributed by atoms with Gasteiger partial charge < -0.3 is 9.13 Å². The Hall–Kier alpha value is -3.02. The number of rotatable bonds is 5. The van der Waals surface area contributed by atoms with Crippen LogP contribution in [0.5, 0.6) is 0 Å². The minimum atomic E-state index is 0.810. The predicted molar refractivity (Wildman–Crippen MR) is 92.4 cm³/mol. The van der Waals surface area contributed by atoms with Gasteiger partial charge in [-0.05, 0) is 19.1 Å². The molecule has 0 aliphatic carbocycles. The van der Waals surface area contributed by atoms with Gasteiger partial charge in [-0.2, -0.15) is 0 Å². The van der Waals surface area contributed by atoms with Crippen LogP contribution in [-0.2, 0) is 19.5 Å². The number of para-hydroxylation sites is 1. The third-order valence-electron chi connectivity index (χ3n) is 4.22. The summed E-state index contributed by atoms with van der Waals surface area (Å²) in [7, 11) is 0. The number of aromatic nitrogens is 6. The maximum atomic E-state index is 4.57. The zero-order chi connectivity index (χ0) is 16.4. The molecule has 4 aromatic rings. The summed E-state index contributed by atoms with van der Waals surface area (Å²) >= 11 is 0. The molecule has 3 heterocycles. The lowest BCUT2D eigenvalue weighted by atomic mass is 10.1. The van der Waals surface area contributed by atoms with Gasteiger partial charge in [0.2, 0.25) is 0 Å². The smallest absolute Gasteiger partial charge is 0.140 e. The maximum absolute atomic E-state index is 4.57. The van der Waals surface area contributed by atoms with Crippen LogP contribution in [-0.4, -0.2) is 29.3 Å². The first kappa shape index (κ1) is 14.6. The van der Waals surface area contributed by atoms with Gasteiger partial charge in [-0.3, -0.25) is 4.98 Å². The monoisotopic (exact) mass is 318 g/mol. The highest BCUT2D eigenvalue weighted by Gasteiger charge is 2.11. The first-order valence-corrected chi connectivity index (χ1v) is 8.08. The Bertz CT molecular complexity index is 963. The summed E-state index contributed by atoms with van der Waals surface area (Å²) in [5, 5.41) is 9.32. The van der Waals surface area contributed by atoms with Crippen molar-refractivity contribution in [3.8, 4) is 11.4 Å². The summed E-state index contributed by atoms with van der Waals surface area (Å²) in [5.74, 6) is 1.95. The van der Waals surface area contributed by atoms with E-state index in [-0.39, 0.29) is 0 Å². The van der Waals surface area contributed by atoms with Crippen molar-refractivity contribution in [2.45, 2.75) is 26.4 Å². The van der Waals surface area contributed by atoms with E-state index in [4.69, 9.17) is 0 Å². The summed E-state index contributed by atoms with van der Waals surface area (Å²) in [6.07, 6.45) is 8.29. The Morgan fingerprint density at radius 1 is 1.00 bits per heavy atom. The highest BCUT2D eigenvalue weighted by Crippen LogP contribution is 2.26. The molecule has 0 radical (unpaired) electrons. The molecular formula is C18H18N6. The summed E-state index contributed by atoms with van der Waals surface area (Å²) < 4.78 is 4.23. The molecule has 0 unspecified atom stereocenters. The molecular weight excluding hydrogens is 300 g/mol. The molecule has 6 nitrogen and oxygen atoms in total. The number of imidazole rings is 1. The lowest BCUT2D eigenvalue weighted by Gasteiger charge is -2.10. The fourth-order valence-electron chi connectivity index (χ4n) is 2.98. The number of aryl methyl sites for hydroxylation is 3. The van der Waals surface area contributed by atoms with Crippen LogP contribution in [0.3, 0.4) is 0 Å². The summed E-state index contributed by atoms with van der Waals surface area (Å²) in [4.78, 5) is 9.00. The van der Waals surface area contributed by atoms with Gasteiger partial charge in [-0.1, -0.05) is 18.2 Å². The van der Waals surface area contributed by atoms with Crippen molar-refractivity contribution in [1.29, 1.82) is 0 Å². The Labute approximate surface area is 139 Å². The van der Waals surface area contributed by atoms with Gasteiger partial charge in [-0.25, -0.2) is 4.98 Å². The van der Waals surface area contributed by atoms with E-state index in [1.54, 1.807) is 6.33 Å². The van der Waals surface area contributed by atoms with Crippen molar-refractivity contribution >= 4 is 10.9 Å². The van der Waals surface area contributed by atoms with E-state index < -0.39 is 0 Å². The van der Waals surface area contributed by atoms with Crippen LogP contribution >= 0.6 is 0 Å². The molecule has 0 fully saturated rings. The standard InChI is InChI=1S/C18H18N6/c1-2-23-13-21-22-17(23)8-11-24-12-10-20-18(24)15-7-9-19-16-6-4-3-5-14(15)16/h3-7,9-10,12-13H,2,8,11H2,1H3. The van der Waals surface area contributed by atoms with Crippen LogP contribution in [0.4, 0.5) is 0 Å². The number of nitrogens with zero attached hydrogens (tertiary/aromatic N) is 6. The molecule has 4 rings (SSSR count). The van der Waals surface area contributed by atoms with Crippen molar-refractivity contribution in [2.24, 2.45) is 0 Å². The fraction of sp³-hybridized carbons (Fsp3) is 0.222. The number of hydrogen-bond donors (Lipinski definition) is 0. The van der Waals surface area contributed by atoms with E-state index in [1.807, 2.05) is 42.9 Å². The lowest BCUT2D eigenvalue weighted by Crippen LogP contribution is -2.08. The first-order chi connectivity index (χ1) is 11.9. The highest BCUT2D eigenvalue weighted by molar-refractivity contribution is 5.92. The van der Waals surface area contributed by atoms with Crippen LogP contribution < -0.4 is 0 Å². The van der Waals surface area contributed by atoms with Crippen molar-refractivity contribution in [1.82, 2.24) is 29.3 Å². The average Bonchev–Trinajstić information content (AvgIpc) is 3.28. The van der Waals surface area contributed by atoms with Crippen LogP contribution in [0.1, 0.15) is 12.7 Å². The maximum Gasteiger partial charge on any atom is 0.140 e. The molecule has 3 aromatic heterocycles. The van der Waals surface area contributed by atoms with Crippen LogP contribution in [0.2, 0.25) is 0 Å². The van der Waals surface area contributed by atoms with E-state index >= 15 is 0 Å². The van der Waals surface area contributed by atoms with E-state index in [0.29, 0.717) is 0 Å². The van der Waals surface area contributed by atoms with Crippen LogP contribution in [0.15, 0.2) is 55.2 Å². The quantitative estimate of drug-likeness (QED) is 0.567. The largest absolute Gasteiger partial charge is 0.331 e. The molecule has 6 heteroatoms. The molecule has 0 amide bonds. The fourth-order valence-corrected chi connectivity index (χ4v) is 2.98. The van der Waals surface area contributed by atoms with E-state index in [0.717, 1.165) is 47.6 Å². The molecule has 0 saturated carbocycles. The van der Waals surface area contributed by atoms with Crippen molar-refractivity contribution < 1.29 is 0 Å². The van der Waals surface area contributed by atoms with Crippen LogP contribution in [0.25, 0.3) is 22.3 Å². The normalized spacial score (nSPS) is 11.2. The molecule has 0 bridgehead atoms. The van der Waals surface area contributed by atoms with E-state index in [2.05, 4.69) is 42.3 Å². The number of benzene rings is 1. The highest BCUT2D eigenvalue weighted by atomic mass is 15.3. The van der Waals surface area contributed by atoms with Gasteiger partial charge in [0.05, 0.1) is 5.52 Å². The summed E-state index contributed by atoms with van der Waals surface area (Å²) in [5.41, 5.74) is 2.08. The second-order valence-electron chi connectivity index (χ2n) is 5.60. The van der Waals surface area contributed by atoms with Crippen molar-refractivity contribution in [3.63, 3.8) is 0 Å². The molecule has 0 aliphatic rings. The predicted octanol–water partition coefficient (Wildman–Crippen LogP) is 2.95. The van der Waals surface area contributed by atoms with Gasteiger partial charge in [0.25, 0.3) is 0 Å². The molecule has 24 heavy (non-hydrogen) atoms. The van der Waals surface area contributed by atoms with Crippen LogP contribution in [0, 0.1) is 0 Å². The van der Waals surface area contributed by atoms with Gasteiger partial charge in [-0.15, -0.1) is 10.2 Å². The molecule has 0 saturated heterocycles. The van der Waals surface area contributed by atoms with Gasteiger partial charge in [0.1, 0.15) is 18.0 Å². The molecule has 0 atom stereocenters. The third kappa shape index (κ3) is 2.56. The van der Waals surface area contributed by atoms with Gasteiger partial charge >= 0.3 is 0 Å². The van der Waals surface area contributed by atoms with E-state index in [9.17, 15) is 0 Å². The SMILES string of the molecule is CCn1cnnc1CCn1ccnc1-c1ccnc2ccccc12. The second kappa shape index (κ2) is 6.23. The minimum Gasteiger partial charge on any atom is -0.331 e. The number of pyridine rings is 1. The van der Waals surface area contributed by atoms with Gasteiger partial charge in [0, 0.05) is 49.1 Å².